The van der Waals surface area contributed by atoms with Crippen LogP contribution in [0, 0.1) is 6.92 Å². The number of carbonyl (C=O) groups is 1. The molecule has 110 valence electrons. The third kappa shape index (κ3) is 3.20. The molecule has 1 heterocycles. The van der Waals surface area contributed by atoms with E-state index >= 15 is 0 Å². The molecule has 7 heteroatoms. The Kier molecular flexibility index (Phi) is 4.80. The van der Waals surface area contributed by atoms with Crippen LogP contribution in [0.3, 0.4) is 0 Å². The number of halogens is 1. The van der Waals surface area contributed by atoms with Crippen LogP contribution in [-0.2, 0) is 14.8 Å². The molecule has 0 amide bonds. The van der Waals surface area contributed by atoms with E-state index in [0.29, 0.717) is 37.4 Å². The topological polar surface area (TPSA) is 57.7 Å². The summed E-state index contributed by atoms with van der Waals surface area (Å²) in [4.78, 5) is 12.7. The molecule has 1 aromatic carbocycles. The highest BCUT2D eigenvalue weighted by Gasteiger charge is 2.30. The maximum atomic E-state index is 12.4. The van der Waals surface area contributed by atoms with Crippen molar-refractivity contribution >= 4 is 27.9 Å². The van der Waals surface area contributed by atoms with Crippen LogP contribution in [0.2, 0.25) is 0 Å². The molecule has 1 saturated heterocycles. The van der Waals surface area contributed by atoms with Crippen LogP contribution in [-0.4, -0.2) is 55.6 Å². The zero-order chi connectivity index (χ0) is 14.8. The molecule has 1 atom stereocenters. The van der Waals surface area contributed by atoms with Crippen LogP contribution in [0.15, 0.2) is 29.2 Å². The summed E-state index contributed by atoms with van der Waals surface area (Å²) in [7, 11) is -3.46. The van der Waals surface area contributed by atoms with Gasteiger partial charge in [0.1, 0.15) is 5.50 Å². The minimum absolute atomic E-state index is 0.300. The van der Waals surface area contributed by atoms with Crippen molar-refractivity contribution in [1.82, 2.24) is 9.21 Å². The van der Waals surface area contributed by atoms with Crippen molar-refractivity contribution in [3.05, 3.63) is 29.8 Å². The van der Waals surface area contributed by atoms with Gasteiger partial charge in [-0.15, -0.1) is 0 Å². The van der Waals surface area contributed by atoms with Gasteiger partial charge in [-0.05, 0) is 19.1 Å². The zero-order valence-corrected chi connectivity index (χ0v) is 12.8. The lowest BCUT2D eigenvalue weighted by molar-refractivity contribution is -0.110. The first-order chi connectivity index (χ1) is 9.45. The number of hydrogen-bond donors (Lipinski definition) is 0. The molecule has 20 heavy (non-hydrogen) atoms. The summed E-state index contributed by atoms with van der Waals surface area (Å²) in [5.74, 6) is 0. The van der Waals surface area contributed by atoms with Gasteiger partial charge in [-0.2, -0.15) is 4.31 Å². The van der Waals surface area contributed by atoms with Gasteiger partial charge in [0.25, 0.3) is 0 Å². The second kappa shape index (κ2) is 6.22. The van der Waals surface area contributed by atoms with Gasteiger partial charge in [0.2, 0.25) is 10.0 Å². The number of carbonyl (C=O) groups excluding carboxylic acids is 1. The number of sulfonamides is 1. The van der Waals surface area contributed by atoms with E-state index < -0.39 is 15.5 Å². The summed E-state index contributed by atoms with van der Waals surface area (Å²) in [6, 6.07) is 6.80. The van der Waals surface area contributed by atoms with E-state index in [1.807, 2.05) is 6.92 Å². The van der Waals surface area contributed by atoms with Crippen LogP contribution in [0.5, 0.6) is 0 Å². The first kappa shape index (κ1) is 15.4. The van der Waals surface area contributed by atoms with Crippen molar-refractivity contribution in [3.63, 3.8) is 0 Å². The SMILES string of the molecule is Cc1ccc(S(=O)(=O)N2CCN([C@@H](Cl)C=O)CC2)cc1. The molecule has 0 aliphatic carbocycles. The van der Waals surface area contributed by atoms with E-state index in [2.05, 4.69) is 0 Å². The molecule has 1 aliphatic heterocycles. The average molecular weight is 317 g/mol. The molecular weight excluding hydrogens is 300 g/mol. The fourth-order valence-electron chi connectivity index (χ4n) is 2.14. The smallest absolute Gasteiger partial charge is 0.243 e. The van der Waals surface area contributed by atoms with Gasteiger partial charge < -0.3 is 4.79 Å². The Bertz CT molecular complexity index is 566. The van der Waals surface area contributed by atoms with Crippen molar-refractivity contribution < 1.29 is 13.2 Å². The fourth-order valence-corrected chi connectivity index (χ4v) is 3.75. The molecule has 1 fully saturated rings. The van der Waals surface area contributed by atoms with Gasteiger partial charge in [-0.25, -0.2) is 8.42 Å². The quantitative estimate of drug-likeness (QED) is 0.473. The van der Waals surface area contributed by atoms with Gasteiger partial charge in [-0.3, -0.25) is 4.90 Å². The maximum absolute atomic E-state index is 12.4. The first-order valence-corrected chi connectivity index (χ1v) is 8.23. The number of benzene rings is 1. The predicted molar refractivity (Wildman–Crippen MR) is 77.2 cm³/mol. The summed E-state index contributed by atoms with van der Waals surface area (Å²) < 4.78 is 26.3. The maximum Gasteiger partial charge on any atom is 0.243 e. The summed E-state index contributed by atoms with van der Waals surface area (Å²) >= 11 is 5.83. The molecule has 1 aliphatic rings. The van der Waals surface area contributed by atoms with E-state index in [0.717, 1.165) is 5.56 Å². The molecule has 1 aromatic rings. The molecule has 0 radical (unpaired) electrons. The van der Waals surface area contributed by atoms with Crippen molar-refractivity contribution in [2.24, 2.45) is 0 Å². The Hall–Kier alpha value is -0.950. The second-order valence-electron chi connectivity index (χ2n) is 4.76. The van der Waals surface area contributed by atoms with Crippen molar-refractivity contribution in [2.75, 3.05) is 26.2 Å². The van der Waals surface area contributed by atoms with E-state index in [-0.39, 0.29) is 0 Å². The highest BCUT2D eigenvalue weighted by Crippen LogP contribution is 2.19. The molecule has 0 aromatic heterocycles. The molecule has 2 rings (SSSR count). The number of rotatable bonds is 4. The second-order valence-corrected chi connectivity index (χ2v) is 7.15. The number of piperazine rings is 1. The highest BCUT2D eigenvalue weighted by molar-refractivity contribution is 7.89. The largest absolute Gasteiger partial charge is 0.300 e. The number of aryl methyl sites for hydroxylation is 1. The van der Waals surface area contributed by atoms with Crippen LogP contribution >= 0.6 is 11.6 Å². The Morgan fingerprint density at radius 2 is 1.70 bits per heavy atom. The van der Waals surface area contributed by atoms with Crippen LogP contribution in [0.4, 0.5) is 0 Å². The normalized spacial score (nSPS) is 19.7. The Labute approximate surface area is 124 Å². The van der Waals surface area contributed by atoms with E-state index in [4.69, 9.17) is 11.6 Å². The molecule has 0 N–H and O–H groups in total. The van der Waals surface area contributed by atoms with Crippen LogP contribution < -0.4 is 0 Å². The Morgan fingerprint density at radius 3 is 2.20 bits per heavy atom. The lowest BCUT2D eigenvalue weighted by atomic mass is 10.2. The summed E-state index contributed by atoms with van der Waals surface area (Å²) in [6.07, 6.45) is 0.658. The van der Waals surface area contributed by atoms with Crippen LogP contribution in [0.1, 0.15) is 5.56 Å². The molecule has 0 bridgehead atoms. The van der Waals surface area contributed by atoms with Gasteiger partial charge in [-0.1, -0.05) is 29.3 Å². The molecule has 5 nitrogen and oxygen atoms in total. The summed E-state index contributed by atoms with van der Waals surface area (Å²) in [5, 5.41) is 0. The van der Waals surface area contributed by atoms with Crippen LogP contribution in [0.25, 0.3) is 0 Å². The lowest BCUT2D eigenvalue weighted by Gasteiger charge is -2.34. The minimum Gasteiger partial charge on any atom is -0.300 e. The third-order valence-corrected chi connectivity index (χ3v) is 5.68. The molecule has 0 saturated carbocycles. The zero-order valence-electron chi connectivity index (χ0n) is 11.2. The van der Waals surface area contributed by atoms with Gasteiger partial charge in [0, 0.05) is 26.2 Å². The number of aldehydes is 1. The van der Waals surface area contributed by atoms with Crippen molar-refractivity contribution in [2.45, 2.75) is 17.3 Å². The molecular formula is C13H17ClN2O3S. The van der Waals surface area contributed by atoms with Gasteiger partial charge in [0.05, 0.1) is 4.90 Å². The van der Waals surface area contributed by atoms with E-state index in [1.165, 1.54) is 4.31 Å². The third-order valence-electron chi connectivity index (χ3n) is 3.39. The number of hydrogen-bond acceptors (Lipinski definition) is 4. The van der Waals surface area contributed by atoms with Gasteiger partial charge >= 0.3 is 0 Å². The average Bonchev–Trinajstić information content (AvgIpc) is 2.47. The summed E-state index contributed by atoms with van der Waals surface area (Å²) in [5.41, 5.74) is 0.337. The predicted octanol–water partition coefficient (Wildman–Crippen LogP) is 1.07. The molecule has 0 spiro atoms. The fraction of sp³-hybridized carbons (Fsp3) is 0.462. The number of alkyl halides is 1. The minimum atomic E-state index is -3.46. The highest BCUT2D eigenvalue weighted by atomic mass is 35.5. The monoisotopic (exact) mass is 316 g/mol. The Balaban J connectivity index is 2.09. The van der Waals surface area contributed by atoms with E-state index in [1.54, 1.807) is 29.2 Å². The van der Waals surface area contributed by atoms with E-state index in [9.17, 15) is 13.2 Å². The summed E-state index contributed by atoms with van der Waals surface area (Å²) in [6.45, 7) is 3.51. The van der Waals surface area contributed by atoms with Gasteiger partial charge in [0.15, 0.2) is 6.29 Å². The van der Waals surface area contributed by atoms with Crippen molar-refractivity contribution in [1.29, 1.82) is 0 Å². The lowest BCUT2D eigenvalue weighted by Crippen LogP contribution is -2.51. The first-order valence-electron chi connectivity index (χ1n) is 6.35. The standard InChI is InChI=1S/C13H17ClN2O3S/c1-11-2-4-12(5-3-11)20(18,19)16-8-6-15(7-9-16)13(14)10-17/h2-5,10,13H,6-9H2,1H3/t13-/m1/s1. The number of nitrogens with zero attached hydrogens (tertiary/aromatic N) is 2. The Morgan fingerprint density at radius 1 is 1.15 bits per heavy atom. The molecule has 0 unspecified atom stereocenters. The van der Waals surface area contributed by atoms with Crippen molar-refractivity contribution in [3.8, 4) is 0 Å².